The quantitative estimate of drug-likeness (QED) is 0.816. The van der Waals surface area contributed by atoms with Crippen LogP contribution in [-0.4, -0.2) is 22.6 Å². The second kappa shape index (κ2) is 5.52. The van der Waals surface area contributed by atoms with Crippen LogP contribution in [0.15, 0.2) is 22.7 Å². The van der Waals surface area contributed by atoms with Gasteiger partial charge in [-0.3, -0.25) is 4.79 Å². The van der Waals surface area contributed by atoms with Gasteiger partial charge in [-0.05, 0) is 24.6 Å². The Morgan fingerprint density at radius 2 is 2.28 bits per heavy atom. The predicted molar refractivity (Wildman–Crippen MR) is 73.4 cm³/mol. The Balaban J connectivity index is 2.49. The van der Waals surface area contributed by atoms with Crippen LogP contribution in [0.4, 0.5) is 0 Å². The maximum absolute atomic E-state index is 11.4. The molecule has 0 unspecified atom stereocenters. The average Bonchev–Trinajstić information content (AvgIpc) is 2.67. The van der Waals surface area contributed by atoms with Crippen molar-refractivity contribution in [2.75, 3.05) is 7.11 Å². The smallest absolute Gasteiger partial charge is 0.313 e. The third-order valence-electron chi connectivity index (χ3n) is 2.77. The Morgan fingerprint density at radius 3 is 2.94 bits per heavy atom. The summed E-state index contributed by atoms with van der Waals surface area (Å²) >= 11 is 3.43. The number of methoxy groups -OCH3 is 1. The van der Waals surface area contributed by atoms with Crippen LogP contribution in [0.2, 0.25) is 0 Å². The molecule has 2 aromatic rings. The lowest BCUT2D eigenvalue weighted by molar-refractivity contribution is -0.139. The number of aryl methyl sites for hydroxylation is 1. The molecule has 0 fully saturated rings. The van der Waals surface area contributed by atoms with Crippen molar-refractivity contribution < 1.29 is 9.53 Å². The topological polar surface area (TPSA) is 44.1 Å². The molecule has 96 valence electrons. The first-order chi connectivity index (χ1) is 8.65. The van der Waals surface area contributed by atoms with Crippen LogP contribution in [0.1, 0.15) is 19.2 Å². The summed E-state index contributed by atoms with van der Waals surface area (Å²) in [5, 5.41) is 0. The second-order valence-electron chi connectivity index (χ2n) is 4.07. The molecule has 4 nitrogen and oxygen atoms in total. The van der Waals surface area contributed by atoms with Crippen molar-refractivity contribution in [1.82, 2.24) is 9.55 Å². The fourth-order valence-corrected chi connectivity index (χ4v) is 2.31. The van der Waals surface area contributed by atoms with E-state index < -0.39 is 0 Å². The fourth-order valence-electron chi connectivity index (χ4n) is 1.96. The number of esters is 1. The van der Waals surface area contributed by atoms with E-state index >= 15 is 0 Å². The van der Waals surface area contributed by atoms with E-state index in [0.717, 1.165) is 34.3 Å². The summed E-state index contributed by atoms with van der Waals surface area (Å²) in [5.74, 6) is 0.499. The van der Waals surface area contributed by atoms with Crippen molar-refractivity contribution >= 4 is 32.9 Å². The highest BCUT2D eigenvalue weighted by molar-refractivity contribution is 9.10. The number of hydrogen-bond acceptors (Lipinski definition) is 3. The highest BCUT2D eigenvalue weighted by Crippen LogP contribution is 2.21. The summed E-state index contributed by atoms with van der Waals surface area (Å²) in [5.41, 5.74) is 1.95. The summed E-state index contributed by atoms with van der Waals surface area (Å²) in [4.78, 5) is 15.9. The summed E-state index contributed by atoms with van der Waals surface area (Å²) in [7, 11) is 1.39. The number of imidazole rings is 1. The fraction of sp³-hybridized carbons (Fsp3) is 0.385. The van der Waals surface area contributed by atoms with Gasteiger partial charge in [-0.2, -0.15) is 0 Å². The van der Waals surface area contributed by atoms with Crippen LogP contribution in [0.5, 0.6) is 0 Å². The van der Waals surface area contributed by atoms with E-state index in [1.165, 1.54) is 7.11 Å². The number of aromatic nitrogens is 2. The minimum atomic E-state index is -0.262. The van der Waals surface area contributed by atoms with Gasteiger partial charge in [0, 0.05) is 11.0 Å². The molecule has 0 radical (unpaired) electrons. The molecule has 1 heterocycles. The van der Waals surface area contributed by atoms with E-state index in [1.54, 1.807) is 0 Å². The van der Waals surface area contributed by atoms with Gasteiger partial charge >= 0.3 is 5.97 Å². The van der Waals surface area contributed by atoms with Gasteiger partial charge in [0.05, 0.1) is 18.1 Å². The first-order valence-corrected chi connectivity index (χ1v) is 6.66. The molecular weight excluding hydrogens is 296 g/mol. The zero-order valence-corrected chi connectivity index (χ0v) is 12.0. The van der Waals surface area contributed by atoms with Gasteiger partial charge in [0.1, 0.15) is 12.2 Å². The highest BCUT2D eigenvalue weighted by atomic mass is 79.9. The molecule has 2 rings (SSSR count). The van der Waals surface area contributed by atoms with Crippen LogP contribution in [0, 0.1) is 0 Å². The Bertz CT molecular complexity index is 578. The monoisotopic (exact) mass is 310 g/mol. The number of rotatable bonds is 4. The number of ether oxygens (including phenoxy) is 1. The largest absolute Gasteiger partial charge is 0.469 e. The second-order valence-corrected chi connectivity index (χ2v) is 4.98. The molecule has 0 atom stereocenters. The first-order valence-electron chi connectivity index (χ1n) is 5.87. The standard InChI is InChI=1S/C13H15BrN2O2/c1-3-6-16-11-5-4-9(14)7-10(11)15-12(16)8-13(17)18-2/h4-5,7H,3,6,8H2,1-2H3. The van der Waals surface area contributed by atoms with Gasteiger partial charge in [0.15, 0.2) is 0 Å². The molecule has 0 saturated heterocycles. The van der Waals surface area contributed by atoms with Crippen molar-refractivity contribution in [3.05, 3.63) is 28.5 Å². The normalized spacial score (nSPS) is 10.8. The van der Waals surface area contributed by atoms with E-state index in [1.807, 2.05) is 18.2 Å². The zero-order chi connectivity index (χ0) is 13.1. The molecule has 18 heavy (non-hydrogen) atoms. The van der Waals surface area contributed by atoms with Gasteiger partial charge in [-0.15, -0.1) is 0 Å². The molecular formula is C13H15BrN2O2. The number of hydrogen-bond donors (Lipinski definition) is 0. The minimum absolute atomic E-state index is 0.211. The SMILES string of the molecule is CCCn1c(CC(=O)OC)nc2cc(Br)ccc21. The summed E-state index contributed by atoms with van der Waals surface area (Å²) < 4.78 is 7.77. The Hall–Kier alpha value is -1.36. The molecule has 0 aliphatic carbocycles. The molecule has 0 aliphatic rings. The first kappa shape index (κ1) is 13.1. The zero-order valence-electron chi connectivity index (χ0n) is 10.4. The van der Waals surface area contributed by atoms with E-state index in [9.17, 15) is 4.79 Å². The third-order valence-corrected chi connectivity index (χ3v) is 3.26. The molecule has 0 saturated carbocycles. The molecule has 0 amide bonds. The summed E-state index contributed by atoms with van der Waals surface area (Å²) in [6, 6.07) is 5.96. The van der Waals surface area contributed by atoms with Crippen LogP contribution in [0.3, 0.4) is 0 Å². The lowest BCUT2D eigenvalue weighted by atomic mass is 10.3. The van der Waals surface area contributed by atoms with Gasteiger partial charge < -0.3 is 9.30 Å². The van der Waals surface area contributed by atoms with Crippen LogP contribution < -0.4 is 0 Å². The lowest BCUT2D eigenvalue weighted by Gasteiger charge is -2.06. The molecule has 1 aromatic heterocycles. The molecule has 5 heteroatoms. The molecule has 1 aromatic carbocycles. The van der Waals surface area contributed by atoms with Gasteiger partial charge in [-0.1, -0.05) is 22.9 Å². The minimum Gasteiger partial charge on any atom is -0.469 e. The van der Waals surface area contributed by atoms with Crippen molar-refractivity contribution in [3.63, 3.8) is 0 Å². The number of carbonyl (C=O) groups excluding carboxylic acids is 1. The van der Waals surface area contributed by atoms with Crippen LogP contribution in [0.25, 0.3) is 11.0 Å². The van der Waals surface area contributed by atoms with E-state index in [4.69, 9.17) is 4.74 Å². The van der Waals surface area contributed by atoms with Crippen molar-refractivity contribution in [3.8, 4) is 0 Å². The summed E-state index contributed by atoms with van der Waals surface area (Å²) in [6.07, 6.45) is 1.21. The molecule has 0 N–H and O–H groups in total. The lowest BCUT2D eigenvalue weighted by Crippen LogP contribution is -2.11. The van der Waals surface area contributed by atoms with Crippen molar-refractivity contribution in [1.29, 1.82) is 0 Å². The molecule has 0 bridgehead atoms. The Kier molecular flexibility index (Phi) is 4.01. The maximum Gasteiger partial charge on any atom is 0.313 e. The Labute approximate surface area is 114 Å². The van der Waals surface area contributed by atoms with Crippen LogP contribution >= 0.6 is 15.9 Å². The number of carbonyl (C=O) groups is 1. The molecule has 0 spiro atoms. The predicted octanol–water partition coefficient (Wildman–Crippen LogP) is 2.92. The van der Waals surface area contributed by atoms with E-state index in [-0.39, 0.29) is 12.4 Å². The van der Waals surface area contributed by atoms with Crippen LogP contribution in [-0.2, 0) is 22.5 Å². The average molecular weight is 311 g/mol. The van der Waals surface area contributed by atoms with E-state index in [0.29, 0.717) is 0 Å². The third kappa shape index (κ3) is 2.56. The van der Waals surface area contributed by atoms with Crippen molar-refractivity contribution in [2.24, 2.45) is 0 Å². The number of fused-ring (bicyclic) bond motifs is 1. The van der Waals surface area contributed by atoms with Gasteiger partial charge in [0.2, 0.25) is 0 Å². The number of halogens is 1. The van der Waals surface area contributed by atoms with Crippen molar-refractivity contribution in [2.45, 2.75) is 26.3 Å². The summed E-state index contributed by atoms with van der Waals surface area (Å²) in [6.45, 7) is 2.96. The van der Waals surface area contributed by atoms with Gasteiger partial charge in [-0.25, -0.2) is 4.98 Å². The van der Waals surface area contributed by atoms with E-state index in [2.05, 4.69) is 32.4 Å². The maximum atomic E-state index is 11.4. The highest BCUT2D eigenvalue weighted by Gasteiger charge is 2.13. The number of benzene rings is 1. The van der Waals surface area contributed by atoms with Gasteiger partial charge in [0.25, 0.3) is 0 Å². The molecule has 0 aliphatic heterocycles. The number of nitrogens with zero attached hydrogens (tertiary/aromatic N) is 2. The Morgan fingerprint density at radius 1 is 1.50 bits per heavy atom.